The highest BCUT2D eigenvalue weighted by Crippen LogP contribution is 2.30. The van der Waals surface area contributed by atoms with Crippen molar-refractivity contribution in [1.82, 2.24) is 9.88 Å². The summed E-state index contributed by atoms with van der Waals surface area (Å²) >= 11 is 12.4. The second-order valence-corrected chi connectivity index (χ2v) is 6.65. The molecule has 0 radical (unpaired) electrons. The Labute approximate surface area is 157 Å². The summed E-state index contributed by atoms with van der Waals surface area (Å²) in [6.45, 7) is 7.21. The minimum atomic E-state index is -0.307. The Morgan fingerprint density at radius 2 is 1.96 bits per heavy atom. The van der Waals surface area contributed by atoms with Gasteiger partial charge in [0.1, 0.15) is 5.15 Å². The number of anilines is 2. The normalized spacial score (nSPS) is 15.2. The minimum Gasteiger partial charge on any atom is -0.368 e. The van der Waals surface area contributed by atoms with Gasteiger partial charge in [-0.25, -0.2) is 4.98 Å². The first kappa shape index (κ1) is 18.0. The van der Waals surface area contributed by atoms with Crippen LogP contribution in [0.4, 0.5) is 11.4 Å². The van der Waals surface area contributed by atoms with E-state index in [1.807, 2.05) is 12.1 Å². The highest BCUT2D eigenvalue weighted by molar-refractivity contribution is 6.34. The van der Waals surface area contributed by atoms with E-state index in [-0.39, 0.29) is 11.1 Å². The van der Waals surface area contributed by atoms with Gasteiger partial charge in [0.25, 0.3) is 5.91 Å². The summed E-state index contributed by atoms with van der Waals surface area (Å²) in [4.78, 5) is 20.9. The largest absolute Gasteiger partial charge is 0.368 e. The van der Waals surface area contributed by atoms with Gasteiger partial charge in [0.05, 0.1) is 16.3 Å². The quantitative estimate of drug-likeness (QED) is 0.822. The maximum atomic E-state index is 12.3. The zero-order valence-electron chi connectivity index (χ0n) is 14.0. The van der Waals surface area contributed by atoms with Crippen molar-refractivity contribution in [3.05, 3.63) is 52.3 Å². The third-order valence-corrected chi connectivity index (χ3v) is 4.97. The molecule has 1 N–H and O–H groups in total. The number of carbonyl (C=O) groups is 1. The van der Waals surface area contributed by atoms with Gasteiger partial charge in [0.15, 0.2) is 0 Å². The van der Waals surface area contributed by atoms with E-state index in [0.717, 1.165) is 38.4 Å². The fourth-order valence-electron chi connectivity index (χ4n) is 2.90. The zero-order valence-corrected chi connectivity index (χ0v) is 15.5. The summed E-state index contributed by atoms with van der Waals surface area (Å²) in [6.07, 6.45) is 1.54. The van der Waals surface area contributed by atoms with E-state index in [4.69, 9.17) is 23.2 Å². The average molecular weight is 379 g/mol. The standard InChI is InChI=1S/C18H20Cl2N4O/c1-2-23-8-10-24(11-9-23)16-6-5-13(12-15(16)19)22-18(25)14-4-3-7-21-17(14)20/h3-7,12H,2,8-11H2,1H3,(H,22,25). The van der Waals surface area contributed by atoms with Crippen LogP contribution in [0.3, 0.4) is 0 Å². The van der Waals surface area contributed by atoms with Crippen molar-refractivity contribution in [2.24, 2.45) is 0 Å². The van der Waals surface area contributed by atoms with Gasteiger partial charge in [-0.05, 0) is 36.9 Å². The second kappa shape index (κ2) is 8.04. The first-order chi connectivity index (χ1) is 12.1. The molecule has 0 bridgehead atoms. The van der Waals surface area contributed by atoms with Gasteiger partial charge in [-0.1, -0.05) is 30.1 Å². The molecule has 1 fully saturated rings. The Balaban J connectivity index is 1.70. The van der Waals surface area contributed by atoms with Crippen molar-refractivity contribution in [1.29, 1.82) is 0 Å². The van der Waals surface area contributed by atoms with E-state index in [9.17, 15) is 4.79 Å². The Morgan fingerprint density at radius 3 is 2.60 bits per heavy atom. The SMILES string of the molecule is CCN1CCN(c2ccc(NC(=O)c3cccnc3Cl)cc2Cl)CC1. The number of hydrogen-bond acceptors (Lipinski definition) is 4. The number of hydrogen-bond donors (Lipinski definition) is 1. The number of nitrogens with one attached hydrogen (secondary N) is 1. The van der Waals surface area contributed by atoms with Gasteiger partial charge < -0.3 is 15.1 Å². The molecular formula is C18H20Cl2N4O. The Kier molecular flexibility index (Phi) is 5.78. The zero-order chi connectivity index (χ0) is 17.8. The van der Waals surface area contributed by atoms with Crippen LogP contribution in [0.2, 0.25) is 10.2 Å². The topological polar surface area (TPSA) is 48.5 Å². The van der Waals surface area contributed by atoms with Crippen molar-refractivity contribution in [3.8, 4) is 0 Å². The van der Waals surface area contributed by atoms with Crippen molar-refractivity contribution in [3.63, 3.8) is 0 Å². The lowest BCUT2D eigenvalue weighted by Gasteiger charge is -2.36. The molecule has 3 rings (SSSR count). The number of rotatable bonds is 4. The maximum Gasteiger partial charge on any atom is 0.258 e. The van der Waals surface area contributed by atoms with Crippen LogP contribution in [0.15, 0.2) is 36.5 Å². The number of nitrogens with zero attached hydrogens (tertiary/aromatic N) is 3. The smallest absolute Gasteiger partial charge is 0.258 e. The second-order valence-electron chi connectivity index (χ2n) is 5.88. The molecule has 0 saturated carbocycles. The summed E-state index contributed by atoms with van der Waals surface area (Å²) < 4.78 is 0. The molecule has 0 atom stereocenters. The monoisotopic (exact) mass is 378 g/mol. The molecule has 5 nitrogen and oxygen atoms in total. The number of pyridine rings is 1. The summed E-state index contributed by atoms with van der Waals surface area (Å²) in [5.74, 6) is -0.307. The molecule has 2 heterocycles. The highest BCUT2D eigenvalue weighted by Gasteiger charge is 2.18. The molecule has 25 heavy (non-hydrogen) atoms. The number of halogens is 2. The van der Waals surface area contributed by atoms with E-state index < -0.39 is 0 Å². The van der Waals surface area contributed by atoms with E-state index in [2.05, 4.69) is 27.0 Å². The Morgan fingerprint density at radius 1 is 1.20 bits per heavy atom. The lowest BCUT2D eigenvalue weighted by atomic mass is 10.2. The summed E-state index contributed by atoms with van der Waals surface area (Å²) in [5.41, 5.74) is 1.96. The summed E-state index contributed by atoms with van der Waals surface area (Å²) in [6, 6.07) is 8.88. The molecule has 2 aromatic rings. The summed E-state index contributed by atoms with van der Waals surface area (Å²) in [5, 5.41) is 3.61. The first-order valence-electron chi connectivity index (χ1n) is 8.27. The molecule has 0 unspecified atom stereocenters. The van der Waals surface area contributed by atoms with Crippen LogP contribution in [0.5, 0.6) is 0 Å². The minimum absolute atomic E-state index is 0.177. The third kappa shape index (κ3) is 4.24. The molecule has 7 heteroatoms. The van der Waals surface area contributed by atoms with Crippen LogP contribution in [0.1, 0.15) is 17.3 Å². The lowest BCUT2D eigenvalue weighted by molar-refractivity contribution is 0.102. The lowest BCUT2D eigenvalue weighted by Crippen LogP contribution is -2.46. The van der Waals surface area contributed by atoms with E-state index in [1.165, 1.54) is 0 Å². The molecule has 1 saturated heterocycles. The van der Waals surface area contributed by atoms with Crippen LogP contribution in [0.25, 0.3) is 0 Å². The molecule has 1 aromatic heterocycles. The average Bonchev–Trinajstić information content (AvgIpc) is 2.62. The van der Waals surface area contributed by atoms with Crippen LogP contribution in [-0.2, 0) is 0 Å². The fraction of sp³-hybridized carbons (Fsp3) is 0.333. The van der Waals surface area contributed by atoms with E-state index in [0.29, 0.717) is 16.3 Å². The number of likely N-dealkylation sites (N-methyl/N-ethyl adjacent to an activating group) is 1. The maximum absolute atomic E-state index is 12.3. The number of benzene rings is 1. The number of aromatic nitrogens is 1. The van der Waals surface area contributed by atoms with Crippen LogP contribution >= 0.6 is 23.2 Å². The fourth-order valence-corrected chi connectivity index (χ4v) is 3.41. The predicted octanol–water partition coefficient (Wildman–Crippen LogP) is 3.78. The Hall–Kier alpha value is -1.82. The van der Waals surface area contributed by atoms with Gasteiger partial charge in [-0.2, -0.15) is 0 Å². The molecule has 1 aliphatic heterocycles. The highest BCUT2D eigenvalue weighted by atomic mass is 35.5. The molecule has 1 aliphatic rings. The summed E-state index contributed by atoms with van der Waals surface area (Å²) in [7, 11) is 0. The molecular weight excluding hydrogens is 359 g/mol. The van der Waals surface area contributed by atoms with Gasteiger partial charge in [-0.3, -0.25) is 4.79 Å². The van der Waals surface area contributed by atoms with Crippen molar-refractivity contribution >= 4 is 40.5 Å². The third-order valence-electron chi connectivity index (χ3n) is 4.37. The first-order valence-corrected chi connectivity index (χ1v) is 9.03. The molecule has 0 spiro atoms. The van der Waals surface area contributed by atoms with Crippen molar-refractivity contribution in [2.75, 3.05) is 42.9 Å². The van der Waals surface area contributed by atoms with E-state index in [1.54, 1.807) is 24.4 Å². The molecule has 1 aromatic carbocycles. The van der Waals surface area contributed by atoms with Gasteiger partial charge >= 0.3 is 0 Å². The van der Waals surface area contributed by atoms with Crippen LogP contribution in [-0.4, -0.2) is 48.5 Å². The Bertz CT molecular complexity index is 760. The molecule has 132 valence electrons. The predicted molar refractivity (Wildman–Crippen MR) is 103 cm³/mol. The van der Waals surface area contributed by atoms with Crippen molar-refractivity contribution < 1.29 is 4.79 Å². The van der Waals surface area contributed by atoms with Gasteiger partial charge in [-0.15, -0.1) is 0 Å². The molecule has 1 amide bonds. The van der Waals surface area contributed by atoms with Gasteiger partial charge in [0, 0.05) is 38.1 Å². The number of carbonyl (C=O) groups excluding carboxylic acids is 1. The van der Waals surface area contributed by atoms with E-state index >= 15 is 0 Å². The number of piperazine rings is 1. The van der Waals surface area contributed by atoms with Gasteiger partial charge in [0.2, 0.25) is 0 Å². The number of amides is 1. The molecule has 0 aliphatic carbocycles. The van der Waals surface area contributed by atoms with Crippen LogP contribution < -0.4 is 10.2 Å². The van der Waals surface area contributed by atoms with Crippen molar-refractivity contribution in [2.45, 2.75) is 6.92 Å². The van der Waals surface area contributed by atoms with Crippen LogP contribution in [0, 0.1) is 0 Å².